The molecule has 3 nitrogen and oxygen atoms in total. The summed E-state index contributed by atoms with van der Waals surface area (Å²) in [6.45, 7) is 1.82. The molecule has 0 aliphatic heterocycles. The number of carbonyl (C=O) groups excluding carboxylic acids is 1. The molecule has 2 aromatic carbocycles. The van der Waals surface area contributed by atoms with Gasteiger partial charge in [0.2, 0.25) is 5.91 Å². The molecule has 4 heteroatoms. The number of amides is 1. The maximum Gasteiger partial charge on any atom is 0.224 e. The second kappa shape index (κ2) is 7.01. The monoisotopic (exact) mass is 287 g/mol. The van der Waals surface area contributed by atoms with Crippen LogP contribution in [-0.2, 0) is 4.79 Å². The van der Waals surface area contributed by atoms with Crippen molar-refractivity contribution in [1.82, 2.24) is 0 Å². The third-order valence-corrected chi connectivity index (χ3v) is 3.74. The topological polar surface area (TPSA) is 38.3 Å². The van der Waals surface area contributed by atoms with E-state index in [1.807, 2.05) is 43.3 Å². The van der Waals surface area contributed by atoms with Gasteiger partial charge in [0.15, 0.2) is 0 Å². The predicted molar refractivity (Wildman–Crippen MR) is 82.5 cm³/mol. The van der Waals surface area contributed by atoms with E-state index in [-0.39, 0.29) is 5.91 Å². The minimum Gasteiger partial charge on any atom is -0.495 e. The van der Waals surface area contributed by atoms with Crippen molar-refractivity contribution in [2.75, 3.05) is 12.4 Å². The van der Waals surface area contributed by atoms with Crippen molar-refractivity contribution in [2.24, 2.45) is 0 Å². The van der Waals surface area contributed by atoms with Crippen molar-refractivity contribution < 1.29 is 9.53 Å². The summed E-state index contributed by atoms with van der Waals surface area (Å²) in [5.74, 6) is 0.652. The van der Waals surface area contributed by atoms with Gasteiger partial charge in [-0.15, -0.1) is 0 Å². The smallest absolute Gasteiger partial charge is 0.224 e. The summed E-state index contributed by atoms with van der Waals surface area (Å²) in [5, 5.41) is 2.83. The molecule has 0 aromatic heterocycles. The van der Waals surface area contributed by atoms with Crippen LogP contribution in [0.2, 0.25) is 0 Å². The molecule has 0 radical (unpaired) electrons. The van der Waals surface area contributed by atoms with Crippen LogP contribution < -0.4 is 10.1 Å². The highest BCUT2D eigenvalue weighted by Crippen LogP contribution is 2.34. The minimum absolute atomic E-state index is 0.0215. The van der Waals surface area contributed by atoms with E-state index in [1.54, 1.807) is 18.9 Å². The molecular weight excluding hydrogens is 270 g/mol. The highest BCUT2D eigenvalue weighted by molar-refractivity contribution is 7.99. The van der Waals surface area contributed by atoms with Gasteiger partial charge >= 0.3 is 0 Å². The normalized spacial score (nSPS) is 10.1. The Kier molecular flexibility index (Phi) is 5.07. The van der Waals surface area contributed by atoms with Crippen molar-refractivity contribution >= 4 is 23.4 Å². The Hall–Kier alpha value is -1.94. The second-order valence-corrected chi connectivity index (χ2v) is 5.33. The lowest BCUT2D eigenvalue weighted by Crippen LogP contribution is -2.10. The van der Waals surface area contributed by atoms with E-state index < -0.39 is 0 Å². The van der Waals surface area contributed by atoms with Gasteiger partial charge in [0, 0.05) is 16.2 Å². The first-order chi connectivity index (χ1) is 9.72. The van der Waals surface area contributed by atoms with E-state index in [1.165, 1.54) is 4.90 Å². The Morgan fingerprint density at radius 1 is 1.15 bits per heavy atom. The summed E-state index contributed by atoms with van der Waals surface area (Å²) >= 11 is 1.66. The van der Waals surface area contributed by atoms with E-state index in [0.717, 1.165) is 4.90 Å². The van der Waals surface area contributed by atoms with E-state index in [0.29, 0.717) is 17.9 Å². The molecule has 0 bridgehead atoms. The van der Waals surface area contributed by atoms with Gasteiger partial charge < -0.3 is 10.1 Å². The maximum atomic E-state index is 11.5. The van der Waals surface area contributed by atoms with Crippen LogP contribution in [0.5, 0.6) is 5.75 Å². The molecule has 0 atom stereocenters. The lowest BCUT2D eigenvalue weighted by Gasteiger charge is -2.11. The third kappa shape index (κ3) is 3.78. The molecule has 0 aliphatic rings. The standard InChI is InChI=1S/C16H17NO2S/c1-3-16(18)17-14-10-9-13(11-15(14)19-2)20-12-7-5-4-6-8-12/h4-11H,3H2,1-2H3,(H,17,18). The van der Waals surface area contributed by atoms with E-state index >= 15 is 0 Å². The summed E-state index contributed by atoms with van der Waals surface area (Å²) in [4.78, 5) is 13.7. The first-order valence-corrected chi connectivity index (χ1v) is 7.25. The molecule has 0 saturated heterocycles. The van der Waals surface area contributed by atoms with Crippen molar-refractivity contribution in [3.63, 3.8) is 0 Å². The number of carbonyl (C=O) groups is 1. The minimum atomic E-state index is -0.0215. The van der Waals surface area contributed by atoms with Crippen LogP contribution in [0.25, 0.3) is 0 Å². The van der Waals surface area contributed by atoms with Crippen LogP contribution in [0.3, 0.4) is 0 Å². The van der Waals surface area contributed by atoms with Crippen LogP contribution in [0.4, 0.5) is 5.69 Å². The van der Waals surface area contributed by atoms with Crippen molar-refractivity contribution in [2.45, 2.75) is 23.1 Å². The molecule has 2 aromatic rings. The fraction of sp³-hybridized carbons (Fsp3) is 0.188. The zero-order valence-electron chi connectivity index (χ0n) is 11.6. The average Bonchev–Trinajstić information content (AvgIpc) is 2.49. The fourth-order valence-corrected chi connectivity index (χ4v) is 2.57. The molecule has 1 amide bonds. The second-order valence-electron chi connectivity index (χ2n) is 4.18. The van der Waals surface area contributed by atoms with Crippen LogP contribution in [-0.4, -0.2) is 13.0 Å². The fourth-order valence-electron chi connectivity index (χ4n) is 1.70. The zero-order valence-corrected chi connectivity index (χ0v) is 12.4. The molecule has 0 unspecified atom stereocenters. The lowest BCUT2D eigenvalue weighted by atomic mass is 10.3. The number of hydrogen-bond donors (Lipinski definition) is 1. The molecular formula is C16H17NO2S. The van der Waals surface area contributed by atoms with Gasteiger partial charge in [-0.1, -0.05) is 36.9 Å². The Morgan fingerprint density at radius 2 is 1.90 bits per heavy atom. The number of nitrogens with one attached hydrogen (secondary N) is 1. The van der Waals surface area contributed by atoms with Crippen LogP contribution in [0.1, 0.15) is 13.3 Å². The molecule has 0 fully saturated rings. The molecule has 0 saturated carbocycles. The number of anilines is 1. The van der Waals surface area contributed by atoms with Crippen LogP contribution in [0, 0.1) is 0 Å². The molecule has 0 heterocycles. The Morgan fingerprint density at radius 3 is 2.55 bits per heavy atom. The van der Waals surface area contributed by atoms with Crippen molar-refractivity contribution in [1.29, 1.82) is 0 Å². The first kappa shape index (κ1) is 14.5. The summed E-state index contributed by atoms with van der Waals surface area (Å²) < 4.78 is 5.34. The summed E-state index contributed by atoms with van der Waals surface area (Å²) in [6.07, 6.45) is 0.448. The Bertz CT molecular complexity index is 584. The number of ether oxygens (including phenoxy) is 1. The van der Waals surface area contributed by atoms with Gasteiger partial charge in [0.05, 0.1) is 12.8 Å². The molecule has 104 valence electrons. The molecule has 0 aliphatic carbocycles. The highest BCUT2D eigenvalue weighted by Gasteiger charge is 2.08. The SMILES string of the molecule is CCC(=O)Nc1ccc(Sc2ccccc2)cc1OC. The number of methoxy groups -OCH3 is 1. The lowest BCUT2D eigenvalue weighted by molar-refractivity contribution is -0.115. The summed E-state index contributed by atoms with van der Waals surface area (Å²) in [5.41, 5.74) is 0.705. The summed E-state index contributed by atoms with van der Waals surface area (Å²) in [7, 11) is 1.61. The Balaban J connectivity index is 2.18. The van der Waals surface area contributed by atoms with E-state index in [9.17, 15) is 4.79 Å². The van der Waals surface area contributed by atoms with E-state index in [4.69, 9.17) is 4.74 Å². The first-order valence-electron chi connectivity index (χ1n) is 6.43. The Labute approximate surface area is 123 Å². The molecule has 2 rings (SSSR count). The van der Waals surface area contributed by atoms with Crippen molar-refractivity contribution in [3.8, 4) is 5.75 Å². The van der Waals surface area contributed by atoms with Gasteiger partial charge in [0.1, 0.15) is 5.75 Å². The maximum absolute atomic E-state index is 11.5. The number of rotatable bonds is 5. The molecule has 1 N–H and O–H groups in total. The number of benzene rings is 2. The quantitative estimate of drug-likeness (QED) is 0.896. The van der Waals surface area contributed by atoms with E-state index in [2.05, 4.69) is 17.4 Å². The van der Waals surface area contributed by atoms with Crippen LogP contribution in [0.15, 0.2) is 58.3 Å². The van der Waals surface area contributed by atoms with Gasteiger partial charge in [-0.3, -0.25) is 4.79 Å². The van der Waals surface area contributed by atoms with Gasteiger partial charge in [-0.2, -0.15) is 0 Å². The average molecular weight is 287 g/mol. The zero-order chi connectivity index (χ0) is 14.4. The van der Waals surface area contributed by atoms with Crippen molar-refractivity contribution in [3.05, 3.63) is 48.5 Å². The molecule has 0 spiro atoms. The van der Waals surface area contributed by atoms with Crippen LogP contribution >= 0.6 is 11.8 Å². The molecule has 20 heavy (non-hydrogen) atoms. The van der Waals surface area contributed by atoms with Gasteiger partial charge in [-0.25, -0.2) is 0 Å². The predicted octanol–water partition coefficient (Wildman–Crippen LogP) is 4.19. The largest absolute Gasteiger partial charge is 0.495 e. The summed E-state index contributed by atoms with van der Waals surface area (Å²) in [6, 6.07) is 15.9. The highest BCUT2D eigenvalue weighted by atomic mass is 32.2. The third-order valence-electron chi connectivity index (χ3n) is 2.75. The number of hydrogen-bond acceptors (Lipinski definition) is 3. The van der Waals surface area contributed by atoms with Gasteiger partial charge in [-0.05, 0) is 30.3 Å². The van der Waals surface area contributed by atoms with Gasteiger partial charge in [0.25, 0.3) is 0 Å².